The molecule has 0 aliphatic heterocycles. The van der Waals surface area contributed by atoms with Gasteiger partial charge in [-0.1, -0.05) is 43.3 Å². The number of carbonyl (C=O) groups is 1. The van der Waals surface area contributed by atoms with Crippen LogP contribution in [0, 0.1) is 0 Å². The lowest BCUT2D eigenvalue weighted by Crippen LogP contribution is -2.36. The smallest absolute Gasteiger partial charge is 0.251 e. The van der Waals surface area contributed by atoms with Gasteiger partial charge in [-0.25, -0.2) is 0 Å². The highest BCUT2D eigenvalue weighted by Crippen LogP contribution is 2.09. The molecule has 0 atom stereocenters. The van der Waals surface area contributed by atoms with Crippen molar-refractivity contribution in [3.05, 3.63) is 70.8 Å². The number of hydrogen-bond donors (Lipinski definition) is 3. The molecule has 0 aromatic heterocycles. The van der Waals surface area contributed by atoms with Crippen molar-refractivity contribution in [2.75, 3.05) is 14.1 Å². The van der Waals surface area contributed by atoms with Crippen LogP contribution in [0.4, 0.5) is 0 Å². The van der Waals surface area contributed by atoms with E-state index in [-0.39, 0.29) is 5.91 Å². The minimum atomic E-state index is -0.0772. The fraction of sp³-hybridized carbons (Fsp3) is 0.300. The number of guanidine groups is 1. The van der Waals surface area contributed by atoms with E-state index in [1.807, 2.05) is 24.3 Å². The largest absolute Gasteiger partial charge is 0.355 e. The lowest BCUT2D eigenvalue weighted by atomic mass is 10.1. The molecular formula is C20H26N4O. The van der Waals surface area contributed by atoms with Gasteiger partial charge in [0.15, 0.2) is 5.96 Å². The van der Waals surface area contributed by atoms with Crippen LogP contribution in [-0.2, 0) is 19.5 Å². The van der Waals surface area contributed by atoms with Gasteiger partial charge in [0.25, 0.3) is 5.91 Å². The average molecular weight is 338 g/mol. The summed E-state index contributed by atoms with van der Waals surface area (Å²) < 4.78 is 0. The zero-order valence-corrected chi connectivity index (χ0v) is 15.1. The minimum absolute atomic E-state index is 0.0772. The number of carbonyl (C=O) groups excluding carboxylic acids is 1. The Hall–Kier alpha value is -2.82. The normalized spacial score (nSPS) is 11.1. The first-order valence-electron chi connectivity index (χ1n) is 8.50. The van der Waals surface area contributed by atoms with Crippen LogP contribution < -0.4 is 16.0 Å². The molecule has 0 heterocycles. The highest BCUT2D eigenvalue weighted by Gasteiger charge is 2.04. The number of nitrogens with zero attached hydrogens (tertiary/aromatic N) is 1. The molecule has 5 nitrogen and oxygen atoms in total. The third-order valence-corrected chi connectivity index (χ3v) is 4.07. The predicted octanol–water partition coefficient (Wildman–Crippen LogP) is 2.47. The molecule has 0 radical (unpaired) electrons. The van der Waals surface area contributed by atoms with Gasteiger partial charge >= 0.3 is 0 Å². The van der Waals surface area contributed by atoms with Crippen molar-refractivity contribution in [2.45, 2.75) is 26.4 Å². The van der Waals surface area contributed by atoms with Crippen LogP contribution in [0.3, 0.4) is 0 Å². The molecule has 0 saturated heterocycles. The lowest BCUT2D eigenvalue weighted by Gasteiger charge is -2.14. The van der Waals surface area contributed by atoms with E-state index in [1.165, 1.54) is 11.1 Å². The second-order valence-corrected chi connectivity index (χ2v) is 5.68. The first-order chi connectivity index (χ1) is 12.2. The molecule has 1 amide bonds. The van der Waals surface area contributed by atoms with E-state index in [0.717, 1.165) is 24.5 Å². The van der Waals surface area contributed by atoms with Gasteiger partial charge in [-0.2, -0.15) is 0 Å². The standard InChI is InChI=1S/C20H26N4O/c1-4-16-7-5-6-8-18(16)14-24-20(22-3)23-13-15-9-11-17(12-10-15)19(25)21-2/h5-12H,4,13-14H2,1-3H3,(H,21,25)(H2,22,23,24). The molecule has 2 aromatic rings. The first-order valence-corrected chi connectivity index (χ1v) is 8.50. The second kappa shape index (κ2) is 9.47. The Kier molecular flexibility index (Phi) is 7.01. The topological polar surface area (TPSA) is 65.5 Å². The van der Waals surface area contributed by atoms with Crippen LogP contribution in [0.2, 0.25) is 0 Å². The van der Waals surface area contributed by atoms with Crippen LogP contribution in [0.15, 0.2) is 53.5 Å². The Morgan fingerprint density at radius 3 is 2.20 bits per heavy atom. The van der Waals surface area contributed by atoms with Gasteiger partial charge in [-0.15, -0.1) is 0 Å². The summed E-state index contributed by atoms with van der Waals surface area (Å²) in [6.07, 6.45) is 1.02. The summed E-state index contributed by atoms with van der Waals surface area (Å²) in [6, 6.07) is 15.9. The zero-order valence-electron chi connectivity index (χ0n) is 15.1. The number of hydrogen-bond acceptors (Lipinski definition) is 2. The molecule has 0 spiro atoms. The van der Waals surface area contributed by atoms with Crippen LogP contribution in [0.5, 0.6) is 0 Å². The Balaban J connectivity index is 1.89. The summed E-state index contributed by atoms with van der Waals surface area (Å²) in [4.78, 5) is 15.8. The molecule has 0 saturated carbocycles. The maximum Gasteiger partial charge on any atom is 0.251 e. The molecule has 25 heavy (non-hydrogen) atoms. The Bertz CT molecular complexity index is 723. The van der Waals surface area contributed by atoms with E-state index in [0.29, 0.717) is 12.1 Å². The molecule has 2 aromatic carbocycles. The fourth-order valence-electron chi connectivity index (χ4n) is 2.58. The highest BCUT2D eigenvalue weighted by molar-refractivity contribution is 5.93. The van der Waals surface area contributed by atoms with Crippen LogP contribution in [0.25, 0.3) is 0 Å². The Morgan fingerprint density at radius 2 is 1.60 bits per heavy atom. The molecule has 0 aliphatic rings. The summed E-state index contributed by atoms with van der Waals surface area (Å²) in [5.41, 5.74) is 4.37. The SMILES string of the molecule is CCc1ccccc1CNC(=NC)NCc1ccc(C(=O)NC)cc1. The summed E-state index contributed by atoms with van der Waals surface area (Å²) in [5.74, 6) is 0.674. The maximum absolute atomic E-state index is 11.6. The minimum Gasteiger partial charge on any atom is -0.355 e. The maximum atomic E-state index is 11.6. The summed E-state index contributed by atoms with van der Waals surface area (Å²) in [6.45, 7) is 3.54. The van der Waals surface area contributed by atoms with Crippen molar-refractivity contribution in [3.8, 4) is 0 Å². The number of rotatable bonds is 6. The van der Waals surface area contributed by atoms with Crippen molar-refractivity contribution < 1.29 is 4.79 Å². The van der Waals surface area contributed by atoms with Gasteiger partial charge < -0.3 is 16.0 Å². The molecule has 132 valence electrons. The van der Waals surface area contributed by atoms with Crippen molar-refractivity contribution in [1.29, 1.82) is 0 Å². The molecule has 3 N–H and O–H groups in total. The quantitative estimate of drug-likeness (QED) is 0.560. The predicted molar refractivity (Wildman–Crippen MR) is 103 cm³/mol. The summed E-state index contributed by atoms with van der Waals surface area (Å²) in [5, 5.41) is 9.26. The molecular weight excluding hydrogens is 312 g/mol. The monoisotopic (exact) mass is 338 g/mol. The Morgan fingerprint density at radius 1 is 0.960 bits per heavy atom. The fourth-order valence-corrected chi connectivity index (χ4v) is 2.58. The zero-order chi connectivity index (χ0) is 18.1. The molecule has 0 unspecified atom stereocenters. The van der Waals surface area contributed by atoms with E-state index < -0.39 is 0 Å². The van der Waals surface area contributed by atoms with Gasteiger partial charge in [0.2, 0.25) is 0 Å². The molecule has 0 bridgehead atoms. The van der Waals surface area contributed by atoms with Crippen molar-refractivity contribution in [1.82, 2.24) is 16.0 Å². The third kappa shape index (κ3) is 5.35. The van der Waals surface area contributed by atoms with Gasteiger partial charge in [0.1, 0.15) is 0 Å². The van der Waals surface area contributed by atoms with E-state index in [2.05, 4.69) is 52.1 Å². The Labute approximate surface area is 149 Å². The highest BCUT2D eigenvalue weighted by atomic mass is 16.1. The summed E-state index contributed by atoms with van der Waals surface area (Å²) >= 11 is 0. The average Bonchev–Trinajstić information content (AvgIpc) is 2.68. The summed E-state index contributed by atoms with van der Waals surface area (Å²) in [7, 11) is 3.39. The number of benzene rings is 2. The molecule has 0 aliphatic carbocycles. The second-order valence-electron chi connectivity index (χ2n) is 5.68. The van der Waals surface area contributed by atoms with Crippen LogP contribution >= 0.6 is 0 Å². The van der Waals surface area contributed by atoms with Gasteiger partial charge in [0, 0.05) is 32.7 Å². The van der Waals surface area contributed by atoms with E-state index in [9.17, 15) is 4.79 Å². The number of aliphatic imine (C=N–C) groups is 1. The molecule has 5 heteroatoms. The molecule has 2 rings (SSSR count). The number of aryl methyl sites for hydroxylation is 1. The lowest BCUT2D eigenvalue weighted by molar-refractivity contribution is 0.0963. The van der Waals surface area contributed by atoms with E-state index in [1.54, 1.807) is 14.1 Å². The number of nitrogens with one attached hydrogen (secondary N) is 3. The van der Waals surface area contributed by atoms with E-state index >= 15 is 0 Å². The number of amides is 1. The van der Waals surface area contributed by atoms with Gasteiger partial charge in [-0.05, 0) is 35.2 Å². The van der Waals surface area contributed by atoms with Gasteiger partial charge in [0.05, 0.1) is 0 Å². The molecule has 0 fully saturated rings. The first kappa shape index (κ1) is 18.5. The van der Waals surface area contributed by atoms with Crippen molar-refractivity contribution >= 4 is 11.9 Å². The van der Waals surface area contributed by atoms with Crippen LogP contribution in [0.1, 0.15) is 34.0 Å². The van der Waals surface area contributed by atoms with Crippen LogP contribution in [-0.4, -0.2) is 26.0 Å². The van der Waals surface area contributed by atoms with Crippen molar-refractivity contribution in [2.24, 2.45) is 4.99 Å². The third-order valence-electron chi connectivity index (χ3n) is 4.07. The van der Waals surface area contributed by atoms with Crippen molar-refractivity contribution in [3.63, 3.8) is 0 Å². The van der Waals surface area contributed by atoms with Gasteiger partial charge in [-0.3, -0.25) is 9.79 Å². The van der Waals surface area contributed by atoms with E-state index in [4.69, 9.17) is 0 Å².